The molecule has 1 heterocycles. The minimum Gasteiger partial charge on any atom is -0.434 e. The summed E-state index contributed by atoms with van der Waals surface area (Å²) >= 11 is 0. The Balaban J connectivity index is 2.54. The molecule has 0 spiro atoms. The van der Waals surface area contributed by atoms with Crippen molar-refractivity contribution in [2.45, 2.75) is 6.92 Å². The molecule has 0 fully saturated rings. The lowest BCUT2D eigenvalue weighted by Gasteiger charge is -2.01. The molecule has 0 aliphatic rings. The Labute approximate surface area is 74.3 Å². The summed E-state index contributed by atoms with van der Waals surface area (Å²) in [4.78, 5) is 14.2. The fraction of sp³-hybridized carbons (Fsp3) is 0.250. The van der Waals surface area contributed by atoms with Gasteiger partial charge in [0.2, 0.25) is 5.88 Å². The fourth-order valence-electron chi connectivity index (χ4n) is 0.614. The topological polar surface area (TPSA) is 48.4 Å². The summed E-state index contributed by atoms with van der Waals surface area (Å²) in [6.45, 7) is 1.86. The van der Waals surface area contributed by atoms with Crippen molar-refractivity contribution in [3.63, 3.8) is 0 Å². The van der Waals surface area contributed by atoms with E-state index in [0.717, 1.165) is 12.3 Å². The molecule has 0 atom stereocenters. The molecule has 0 bridgehead atoms. The maximum Gasteiger partial charge on any atom is 0.515 e. The normalized spacial score (nSPS) is 9.38. The average Bonchev–Trinajstić information content (AvgIpc) is 2.09. The van der Waals surface area contributed by atoms with Crippen molar-refractivity contribution in [1.29, 1.82) is 0 Å². The molecule has 0 aliphatic heterocycles. The van der Waals surface area contributed by atoms with E-state index in [-0.39, 0.29) is 12.5 Å². The highest BCUT2D eigenvalue weighted by atomic mass is 19.1. The van der Waals surface area contributed by atoms with Crippen LogP contribution in [0.5, 0.6) is 5.88 Å². The van der Waals surface area contributed by atoms with E-state index < -0.39 is 12.0 Å². The van der Waals surface area contributed by atoms with Crippen LogP contribution < -0.4 is 4.74 Å². The second-order valence-corrected chi connectivity index (χ2v) is 2.02. The van der Waals surface area contributed by atoms with Crippen molar-refractivity contribution in [3.8, 4) is 5.88 Å². The average molecular weight is 184 g/mol. The van der Waals surface area contributed by atoms with Gasteiger partial charge in [-0.1, -0.05) is 0 Å². The molecule has 4 nitrogen and oxygen atoms in total. The summed E-state index contributed by atoms with van der Waals surface area (Å²) in [5.41, 5.74) is 0. The molecule has 1 aromatic heterocycles. The summed E-state index contributed by atoms with van der Waals surface area (Å²) in [5, 5.41) is 0. The first kappa shape index (κ1) is 9.44. The van der Waals surface area contributed by atoms with Gasteiger partial charge in [0.05, 0.1) is 12.8 Å². The Morgan fingerprint density at radius 3 is 3.08 bits per heavy atom. The summed E-state index contributed by atoms with van der Waals surface area (Å²) in [5.74, 6) is -0.656. The van der Waals surface area contributed by atoms with Crippen molar-refractivity contribution >= 4 is 6.16 Å². The minimum absolute atomic E-state index is 0.0418. The maximum absolute atomic E-state index is 12.3. The van der Waals surface area contributed by atoms with E-state index in [1.165, 1.54) is 0 Å². The Hall–Kier alpha value is -1.65. The van der Waals surface area contributed by atoms with Crippen molar-refractivity contribution in [2.75, 3.05) is 6.61 Å². The molecule has 0 saturated heterocycles. The van der Waals surface area contributed by atoms with E-state index in [9.17, 15) is 9.18 Å². The number of nitrogens with zero attached hydrogens (tertiary/aromatic N) is 1. The first-order valence-electron chi connectivity index (χ1n) is 3.60. The molecule has 5 heteroatoms. The second-order valence-electron chi connectivity index (χ2n) is 2.02. The number of carbonyl (C=O) groups excluding carboxylic acids is 1. The summed E-state index contributed by atoms with van der Waals surface area (Å²) in [7, 11) is 0. The lowest BCUT2D eigenvalue weighted by molar-refractivity contribution is 0.102. The van der Waals surface area contributed by atoms with Gasteiger partial charge in [0.1, 0.15) is 5.82 Å². The quantitative estimate of drug-likeness (QED) is 0.654. The third-order valence-corrected chi connectivity index (χ3v) is 1.09. The monoisotopic (exact) mass is 184 g/mol. The van der Waals surface area contributed by atoms with Crippen LogP contribution >= 0.6 is 0 Å². The number of carbonyl (C=O) groups is 1. The highest BCUT2D eigenvalue weighted by molar-refractivity contribution is 5.62. The molecule has 0 unspecified atom stereocenters. The number of hydrogen-bond acceptors (Lipinski definition) is 4. The van der Waals surface area contributed by atoms with Gasteiger partial charge in [-0.3, -0.25) is 0 Å². The molecule has 0 aliphatic carbocycles. The van der Waals surface area contributed by atoms with Crippen LogP contribution in [0.4, 0.5) is 9.18 Å². The van der Waals surface area contributed by atoms with Crippen LogP contribution in [0.3, 0.4) is 0 Å². The number of halogens is 1. The van der Waals surface area contributed by atoms with E-state index in [4.69, 9.17) is 0 Å². The number of hydrogen-bond donors (Lipinski definition) is 0. The van der Waals surface area contributed by atoms with E-state index in [1.807, 2.05) is 0 Å². The van der Waals surface area contributed by atoms with Crippen molar-refractivity contribution in [1.82, 2.24) is 4.98 Å². The second kappa shape index (κ2) is 4.39. The zero-order valence-electron chi connectivity index (χ0n) is 6.91. The third-order valence-electron chi connectivity index (χ3n) is 1.09. The van der Waals surface area contributed by atoms with Crippen molar-refractivity contribution in [2.24, 2.45) is 0 Å². The number of pyridine rings is 1. The van der Waals surface area contributed by atoms with Crippen LogP contribution in [0.15, 0.2) is 12.3 Å². The molecule has 1 aromatic rings. The largest absolute Gasteiger partial charge is 0.515 e. The maximum atomic E-state index is 12.3. The molecule has 0 aromatic carbocycles. The Morgan fingerprint density at radius 1 is 1.77 bits per heavy atom. The predicted octanol–water partition coefficient (Wildman–Crippen LogP) is 1.56. The molecule has 0 saturated carbocycles. The van der Waals surface area contributed by atoms with Crippen molar-refractivity contribution < 1.29 is 18.7 Å². The Morgan fingerprint density at radius 2 is 2.54 bits per heavy atom. The summed E-state index contributed by atoms with van der Waals surface area (Å²) in [6.07, 6.45) is 0.0316. The zero-order chi connectivity index (χ0) is 9.68. The standard InChI is InChI=1S/C8H7FNO3/c1-2-12-8(11)13-7-4-3-6(9)5-10-7/h4-5H,2H2,1H3. The molecule has 13 heavy (non-hydrogen) atoms. The van der Waals surface area contributed by atoms with E-state index in [1.54, 1.807) is 6.92 Å². The van der Waals surface area contributed by atoms with E-state index in [2.05, 4.69) is 20.5 Å². The molecule has 0 N–H and O–H groups in total. The smallest absolute Gasteiger partial charge is 0.434 e. The molecule has 1 radical (unpaired) electrons. The van der Waals surface area contributed by atoms with Crippen LogP contribution in [-0.4, -0.2) is 17.7 Å². The predicted molar refractivity (Wildman–Crippen MR) is 40.7 cm³/mol. The van der Waals surface area contributed by atoms with Gasteiger partial charge in [0.25, 0.3) is 0 Å². The van der Waals surface area contributed by atoms with Gasteiger partial charge >= 0.3 is 6.16 Å². The van der Waals surface area contributed by atoms with Gasteiger partial charge in [0, 0.05) is 12.1 Å². The molecule has 69 valence electrons. The van der Waals surface area contributed by atoms with Crippen LogP contribution in [0.1, 0.15) is 6.92 Å². The van der Waals surface area contributed by atoms with Gasteiger partial charge in [0.15, 0.2) is 0 Å². The molecular weight excluding hydrogens is 177 g/mol. The van der Waals surface area contributed by atoms with Gasteiger partial charge in [-0.15, -0.1) is 0 Å². The van der Waals surface area contributed by atoms with Crippen molar-refractivity contribution in [3.05, 3.63) is 24.1 Å². The van der Waals surface area contributed by atoms with Crippen LogP contribution in [0.2, 0.25) is 0 Å². The number of rotatable bonds is 2. The Bertz CT molecular complexity index is 286. The third kappa shape index (κ3) is 3.06. The number of ether oxygens (including phenoxy) is 2. The first-order chi connectivity index (χ1) is 6.22. The first-order valence-corrected chi connectivity index (χ1v) is 3.60. The van der Waals surface area contributed by atoms with E-state index in [0.29, 0.717) is 0 Å². The SMILES string of the molecule is CCOC(=O)Oc1c[c]c(F)cn1. The molecule has 1 rings (SSSR count). The van der Waals surface area contributed by atoms with Crippen LogP contribution in [0.25, 0.3) is 0 Å². The van der Waals surface area contributed by atoms with Gasteiger partial charge in [-0.05, 0) is 6.92 Å². The number of aromatic nitrogens is 1. The van der Waals surface area contributed by atoms with Gasteiger partial charge in [-0.2, -0.15) is 0 Å². The van der Waals surface area contributed by atoms with Crippen LogP contribution in [-0.2, 0) is 4.74 Å². The highest BCUT2D eigenvalue weighted by Gasteiger charge is 2.05. The van der Waals surface area contributed by atoms with Gasteiger partial charge < -0.3 is 9.47 Å². The van der Waals surface area contributed by atoms with Gasteiger partial charge in [-0.25, -0.2) is 14.2 Å². The Kier molecular flexibility index (Phi) is 3.19. The van der Waals surface area contributed by atoms with E-state index >= 15 is 0 Å². The summed E-state index contributed by atoms with van der Waals surface area (Å²) in [6, 6.07) is 3.30. The minimum atomic E-state index is -0.866. The zero-order valence-corrected chi connectivity index (χ0v) is 6.91. The molecular formula is C8H7FNO3. The molecule has 0 amide bonds. The fourth-order valence-corrected chi connectivity index (χ4v) is 0.614. The summed E-state index contributed by atoms with van der Waals surface area (Å²) < 4.78 is 21.3. The van der Waals surface area contributed by atoms with Crippen LogP contribution in [0, 0.1) is 11.9 Å². The lowest BCUT2D eigenvalue weighted by atomic mass is 10.5. The lowest BCUT2D eigenvalue weighted by Crippen LogP contribution is -2.10. The highest BCUT2D eigenvalue weighted by Crippen LogP contribution is 2.06.